The number of benzene rings is 1. The molecule has 0 unspecified atom stereocenters. The van der Waals surface area contributed by atoms with E-state index in [-0.39, 0.29) is 0 Å². The highest BCUT2D eigenvalue weighted by Crippen LogP contribution is 2.24. The summed E-state index contributed by atoms with van der Waals surface area (Å²) in [7, 11) is 0. The van der Waals surface area contributed by atoms with E-state index >= 15 is 0 Å². The number of hydrogen-bond donors (Lipinski definition) is 2. The van der Waals surface area contributed by atoms with Crippen molar-refractivity contribution in [3.8, 4) is 6.07 Å². The van der Waals surface area contributed by atoms with Crippen molar-refractivity contribution in [3.05, 3.63) is 36.0 Å². The first-order valence-electron chi connectivity index (χ1n) is 6.59. The van der Waals surface area contributed by atoms with Gasteiger partial charge in [-0.05, 0) is 19.0 Å². The summed E-state index contributed by atoms with van der Waals surface area (Å²) in [5.41, 5.74) is 2.38. The van der Waals surface area contributed by atoms with Crippen LogP contribution < -0.4 is 10.6 Å². The van der Waals surface area contributed by atoms with Crippen LogP contribution in [0.4, 0.5) is 5.69 Å². The fourth-order valence-electron chi connectivity index (χ4n) is 1.99. The normalized spacial score (nSPS) is 10.3. The van der Waals surface area contributed by atoms with E-state index in [1.54, 1.807) is 6.20 Å². The summed E-state index contributed by atoms with van der Waals surface area (Å²) < 4.78 is 0. The zero-order chi connectivity index (χ0) is 13.5. The summed E-state index contributed by atoms with van der Waals surface area (Å²) in [6.07, 6.45) is 2.76. The quantitative estimate of drug-likeness (QED) is 0.778. The maximum absolute atomic E-state index is 9.17. The molecule has 0 aliphatic rings. The SMILES string of the molecule is CCCNCCNc1c(C#N)cnc2ccccc12. The molecule has 4 nitrogen and oxygen atoms in total. The van der Waals surface area contributed by atoms with E-state index in [1.807, 2.05) is 24.3 Å². The summed E-state index contributed by atoms with van der Waals surface area (Å²) in [5, 5.41) is 16.8. The zero-order valence-corrected chi connectivity index (χ0v) is 11.1. The van der Waals surface area contributed by atoms with Gasteiger partial charge in [0, 0.05) is 24.7 Å². The van der Waals surface area contributed by atoms with Crippen molar-refractivity contribution >= 4 is 16.6 Å². The molecule has 2 aromatic rings. The lowest BCUT2D eigenvalue weighted by Gasteiger charge is -2.11. The zero-order valence-electron chi connectivity index (χ0n) is 11.1. The second kappa shape index (κ2) is 6.72. The molecule has 1 heterocycles. The first kappa shape index (κ1) is 13.3. The van der Waals surface area contributed by atoms with Crippen LogP contribution in [0.3, 0.4) is 0 Å². The van der Waals surface area contributed by atoms with E-state index in [0.717, 1.165) is 42.6 Å². The van der Waals surface area contributed by atoms with Crippen molar-refractivity contribution in [2.75, 3.05) is 25.0 Å². The average Bonchev–Trinajstić information content (AvgIpc) is 2.47. The van der Waals surface area contributed by atoms with Gasteiger partial charge < -0.3 is 10.6 Å². The molecule has 0 saturated heterocycles. The lowest BCUT2D eigenvalue weighted by Crippen LogP contribution is -2.23. The number of pyridine rings is 1. The third-order valence-corrected chi connectivity index (χ3v) is 2.93. The molecule has 0 fully saturated rings. The van der Waals surface area contributed by atoms with Crippen LogP contribution in [0.5, 0.6) is 0 Å². The van der Waals surface area contributed by atoms with Crippen molar-refractivity contribution in [2.45, 2.75) is 13.3 Å². The van der Waals surface area contributed by atoms with Crippen LogP contribution in [0.2, 0.25) is 0 Å². The molecular formula is C15H18N4. The minimum Gasteiger partial charge on any atom is -0.382 e. The van der Waals surface area contributed by atoms with Crippen molar-refractivity contribution in [3.63, 3.8) is 0 Å². The van der Waals surface area contributed by atoms with Gasteiger partial charge in [0.1, 0.15) is 6.07 Å². The number of fused-ring (bicyclic) bond motifs is 1. The van der Waals surface area contributed by atoms with Crippen molar-refractivity contribution < 1.29 is 0 Å². The topological polar surface area (TPSA) is 60.7 Å². The molecule has 98 valence electrons. The second-order valence-electron chi connectivity index (χ2n) is 4.35. The molecular weight excluding hydrogens is 236 g/mol. The van der Waals surface area contributed by atoms with Gasteiger partial charge in [-0.3, -0.25) is 4.98 Å². The number of nitrogens with zero attached hydrogens (tertiary/aromatic N) is 2. The standard InChI is InChI=1S/C15H18N4/c1-2-7-17-8-9-18-15-12(10-16)11-19-14-6-4-3-5-13(14)15/h3-6,11,17H,2,7-9H2,1H3,(H,18,19). The van der Waals surface area contributed by atoms with Gasteiger partial charge in [0.15, 0.2) is 0 Å². The van der Waals surface area contributed by atoms with E-state index < -0.39 is 0 Å². The maximum atomic E-state index is 9.17. The third-order valence-electron chi connectivity index (χ3n) is 2.93. The number of anilines is 1. The number of para-hydroxylation sites is 1. The summed E-state index contributed by atoms with van der Waals surface area (Å²) in [6, 6.07) is 10.1. The first-order chi connectivity index (χ1) is 9.36. The predicted octanol–water partition coefficient (Wildman–Crippen LogP) is 2.52. The van der Waals surface area contributed by atoms with Crippen LogP contribution in [0.15, 0.2) is 30.5 Å². The van der Waals surface area contributed by atoms with Gasteiger partial charge in [0.2, 0.25) is 0 Å². The van der Waals surface area contributed by atoms with Gasteiger partial charge in [-0.25, -0.2) is 0 Å². The molecule has 2 N–H and O–H groups in total. The Kier molecular flexibility index (Phi) is 4.71. The number of rotatable bonds is 6. The van der Waals surface area contributed by atoms with E-state index in [2.05, 4.69) is 28.6 Å². The van der Waals surface area contributed by atoms with E-state index in [9.17, 15) is 5.26 Å². The Morgan fingerprint density at radius 1 is 1.21 bits per heavy atom. The molecule has 1 aromatic carbocycles. The minimum absolute atomic E-state index is 0.592. The van der Waals surface area contributed by atoms with E-state index in [0.29, 0.717) is 5.56 Å². The Morgan fingerprint density at radius 3 is 2.84 bits per heavy atom. The lowest BCUT2D eigenvalue weighted by molar-refractivity contribution is 0.688. The van der Waals surface area contributed by atoms with Crippen molar-refractivity contribution in [2.24, 2.45) is 0 Å². The number of hydrogen-bond acceptors (Lipinski definition) is 4. The van der Waals surface area contributed by atoms with Gasteiger partial charge in [0.25, 0.3) is 0 Å². The maximum Gasteiger partial charge on any atom is 0.103 e. The van der Waals surface area contributed by atoms with Gasteiger partial charge in [0.05, 0.1) is 16.8 Å². The summed E-state index contributed by atoms with van der Waals surface area (Å²) >= 11 is 0. The Labute approximate surface area is 113 Å². The minimum atomic E-state index is 0.592. The number of nitriles is 1. The Bertz CT molecular complexity index is 586. The molecule has 1 aromatic heterocycles. The largest absolute Gasteiger partial charge is 0.382 e. The highest BCUT2D eigenvalue weighted by Gasteiger charge is 2.07. The van der Waals surface area contributed by atoms with Gasteiger partial charge in [-0.15, -0.1) is 0 Å². The van der Waals surface area contributed by atoms with Crippen LogP contribution in [0.1, 0.15) is 18.9 Å². The summed E-state index contributed by atoms with van der Waals surface area (Å²) in [6.45, 7) is 4.84. The third kappa shape index (κ3) is 3.21. The fraction of sp³-hybridized carbons (Fsp3) is 0.333. The van der Waals surface area contributed by atoms with Gasteiger partial charge in [-0.2, -0.15) is 5.26 Å². The molecule has 0 spiro atoms. The molecule has 0 bridgehead atoms. The smallest absolute Gasteiger partial charge is 0.103 e. The molecule has 0 aliphatic heterocycles. The van der Waals surface area contributed by atoms with E-state index in [1.165, 1.54) is 0 Å². The highest BCUT2D eigenvalue weighted by atomic mass is 14.9. The molecule has 19 heavy (non-hydrogen) atoms. The first-order valence-corrected chi connectivity index (χ1v) is 6.59. The molecule has 4 heteroatoms. The van der Waals surface area contributed by atoms with Crippen LogP contribution in [0, 0.1) is 11.3 Å². The van der Waals surface area contributed by atoms with Crippen LogP contribution in [-0.2, 0) is 0 Å². The molecule has 0 atom stereocenters. The van der Waals surface area contributed by atoms with Gasteiger partial charge in [-0.1, -0.05) is 25.1 Å². The molecule has 0 aliphatic carbocycles. The Hall–Kier alpha value is -2.12. The molecule has 2 rings (SSSR count). The molecule has 0 saturated carbocycles. The summed E-state index contributed by atoms with van der Waals surface area (Å²) in [5.74, 6) is 0. The number of nitrogens with one attached hydrogen (secondary N) is 2. The Morgan fingerprint density at radius 2 is 2.05 bits per heavy atom. The highest BCUT2D eigenvalue weighted by molar-refractivity contribution is 5.93. The summed E-state index contributed by atoms with van der Waals surface area (Å²) in [4.78, 5) is 4.29. The van der Waals surface area contributed by atoms with Crippen molar-refractivity contribution in [1.82, 2.24) is 10.3 Å². The number of aromatic nitrogens is 1. The lowest BCUT2D eigenvalue weighted by atomic mass is 10.1. The van der Waals surface area contributed by atoms with Gasteiger partial charge >= 0.3 is 0 Å². The second-order valence-corrected chi connectivity index (χ2v) is 4.35. The monoisotopic (exact) mass is 254 g/mol. The molecule has 0 radical (unpaired) electrons. The molecule has 0 amide bonds. The fourth-order valence-corrected chi connectivity index (χ4v) is 1.99. The predicted molar refractivity (Wildman–Crippen MR) is 78.1 cm³/mol. The van der Waals surface area contributed by atoms with E-state index in [4.69, 9.17) is 0 Å². The van der Waals surface area contributed by atoms with Crippen LogP contribution in [0.25, 0.3) is 10.9 Å². The van der Waals surface area contributed by atoms with Crippen LogP contribution in [-0.4, -0.2) is 24.6 Å². The average molecular weight is 254 g/mol. The van der Waals surface area contributed by atoms with Crippen LogP contribution >= 0.6 is 0 Å². The van der Waals surface area contributed by atoms with Crippen molar-refractivity contribution in [1.29, 1.82) is 5.26 Å². The Balaban J connectivity index is 2.17.